The van der Waals surface area contributed by atoms with E-state index >= 15 is 0 Å². The van der Waals surface area contributed by atoms with E-state index in [4.69, 9.17) is 15.0 Å². The first-order valence-corrected chi connectivity index (χ1v) is 7.93. The maximum atomic E-state index is 6.22. The van der Waals surface area contributed by atoms with Gasteiger partial charge in [-0.2, -0.15) is 9.67 Å². The molecule has 2 aromatic heterocycles. The highest BCUT2D eigenvalue weighted by Crippen LogP contribution is 2.30. The third kappa shape index (κ3) is 2.57. The quantitative estimate of drug-likeness (QED) is 0.604. The molecule has 8 heteroatoms. The summed E-state index contributed by atoms with van der Waals surface area (Å²) in [5.41, 5.74) is 9.15. The summed E-state index contributed by atoms with van der Waals surface area (Å²) in [5.74, 6) is 1.60. The second-order valence-corrected chi connectivity index (χ2v) is 5.65. The summed E-state index contributed by atoms with van der Waals surface area (Å²) in [7, 11) is 1.58. The summed E-state index contributed by atoms with van der Waals surface area (Å²) >= 11 is 0. The first-order chi connectivity index (χ1) is 12.7. The lowest BCUT2D eigenvalue weighted by molar-refractivity contribution is 0.411. The minimum Gasteiger partial charge on any atom is -0.494 e. The Hall–Kier alpha value is -3.68. The molecular weight excluding hydrogens is 332 g/mol. The number of nitrogen functional groups attached to an aromatic ring is 1. The molecule has 0 unspecified atom stereocenters. The monoisotopic (exact) mass is 348 g/mol. The second-order valence-electron chi connectivity index (χ2n) is 5.65. The van der Waals surface area contributed by atoms with Gasteiger partial charge in [-0.15, -0.1) is 5.10 Å². The minimum absolute atomic E-state index is 0.210. The van der Waals surface area contributed by atoms with E-state index in [0.29, 0.717) is 23.0 Å². The van der Waals surface area contributed by atoms with Crippen LogP contribution in [0.5, 0.6) is 5.75 Å². The normalized spacial score (nSPS) is 10.8. The molecule has 4 rings (SSSR count). The molecule has 2 N–H and O–H groups in total. The van der Waals surface area contributed by atoms with Crippen molar-refractivity contribution < 1.29 is 9.26 Å². The number of aryl methyl sites for hydroxylation is 1. The molecular formula is C18H16N6O2. The molecule has 0 aliphatic rings. The van der Waals surface area contributed by atoms with Gasteiger partial charge in [0.05, 0.1) is 7.11 Å². The van der Waals surface area contributed by atoms with Crippen LogP contribution in [0.25, 0.3) is 28.7 Å². The number of nitrogens with zero attached hydrogens (tertiary/aromatic N) is 5. The Morgan fingerprint density at radius 3 is 2.65 bits per heavy atom. The maximum absolute atomic E-state index is 6.22. The molecule has 0 atom stereocenters. The smallest absolute Gasteiger partial charge is 0.282 e. The van der Waals surface area contributed by atoms with E-state index < -0.39 is 0 Å². The van der Waals surface area contributed by atoms with E-state index in [1.165, 1.54) is 4.68 Å². The highest BCUT2D eigenvalue weighted by molar-refractivity contribution is 5.68. The van der Waals surface area contributed by atoms with Gasteiger partial charge in [-0.05, 0) is 24.6 Å². The van der Waals surface area contributed by atoms with Crippen LogP contribution in [0.1, 0.15) is 5.56 Å². The zero-order valence-electron chi connectivity index (χ0n) is 14.2. The van der Waals surface area contributed by atoms with E-state index in [1.54, 1.807) is 7.11 Å². The number of hydrogen-bond donors (Lipinski definition) is 1. The Bertz CT molecular complexity index is 1070. The van der Waals surface area contributed by atoms with Crippen molar-refractivity contribution in [1.82, 2.24) is 25.1 Å². The van der Waals surface area contributed by atoms with Gasteiger partial charge in [0.2, 0.25) is 5.82 Å². The molecule has 130 valence electrons. The molecule has 2 heterocycles. The molecule has 0 saturated carbocycles. The number of hydrogen-bond acceptors (Lipinski definition) is 7. The Morgan fingerprint density at radius 1 is 1.08 bits per heavy atom. The zero-order chi connectivity index (χ0) is 18.1. The highest BCUT2D eigenvalue weighted by Gasteiger charge is 2.21. The van der Waals surface area contributed by atoms with Gasteiger partial charge in [0.1, 0.15) is 11.4 Å². The van der Waals surface area contributed by atoms with E-state index in [0.717, 1.165) is 11.1 Å². The summed E-state index contributed by atoms with van der Waals surface area (Å²) in [4.78, 5) is 4.42. The SMILES string of the molecule is COc1ccccc1-n1nnc(-c2nc(-c3ccccc3C)no2)c1N. The molecule has 0 aliphatic carbocycles. The molecule has 0 radical (unpaired) electrons. The van der Waals surface area contributed by atoms with Crippen LogP contribution in [0.4, 0.5) is 5.82 Å². The van der Waals surface area contributed by atoms with E-state index in [1.807, 2.05) is 55.5 Å². The molecule has 2 aromatic carbocycles. The van der Waals surface area contributed by atoms with Gasteiger partial charge in [0.25, 0.3) is 5.89 Å². The summed E-state index contributed by atoms with van der Waals surface area (Å²) in [6, 6.07) is 15.2. The lowest BCUT2D eigenvalue weighted by Crippen LogP contribution is -2.04. The van der Waals surface area contributed by atoms with Crippen molar-refractivity contribution in [2.75, 3.05) is 12.8 Å². The molecule has 0 aliphatic heterocycles. The highest BCUT2D eigenvalue weighted by atomic mass is 16.5. The third-order valence-electron chi connectivity index (χ3n) is 4.03. The van der Waals surface area contributed by atoms with Crippen molar-refractivity contribution in [3.05, 3.63) is 54.1 Å². The maximum Gasteiger partial charge on any atom is 0.282 e. The number of aromatic nitrogens is 5. The van der Waals surface area contributed by atoms with Gasteiger partial charge in [0, 0.05) is 5.56 Å². The lowest BCUT2D eigenvalue weighted by Gasteiger charge is -2.08. The Morgan fingerprint density at radius 2 is 1.85 bits per heavy atom. The molecule has 0 bridgehead atoms. The van der Waals surface area contributed by atoms with Crippen molar-refractivity contribution in [3.8, 4) is 34.4 Å². The number of rotatable bonds is 4. The van der Waals surface area contributed by atoms with Crippen molar-refractivity contribution >= 4 is 5.82 Å². The number of anilines is 1. The van der Waals surface area contributed by atoms with Crippen molar-refractivity contribution in [2.24, 2.45) is 0 Å². The van der Waals surface area contributed by atoms with Crippen molar-refractivity contribution in [1.29, 1.82) is 0 Å². The molecule has 26 heavy (non-hydrogen) atoms. The first kappa shape index (κ1) is 15.8. The van der Waals surface area contributed by atoms with Gasteiger partial charge in [-0.3, -0.25) is 0 Å². The average Bonchev–Trinajstić information content (AvgIpc) is 3.29. The summed E-state index contributed by atoms with van der Waals surface area (Å²) in [6.07, 6.45) is 0. The van der Waals surface area contributed by atoms with Crippen LogP contribution in [0.15, 0.2) is 53.1 Å². The van der Waals surface area contributed by atoms with E-state index in [-0.39, 0.29) is 11.7 Å². The summed E-state index contributed by atoms with van der Waals surface area (Å²) in [5, 5.41) is 12.2. The predicted octanol–water partition coefficient (Wildman–Crippen LogP) is 2.88. The fourth-order valence-corrected chi connectivity index (χ4v) is 2.68. The van der Waals surface area contributed by atoms with E-state index in [2.05, 4.69) is 20.5 Å². The van der Waals surface area contributed by atoms with Crippen LogP contribution in [0.3, 0.4) is 0 Å². The topological polar surface area (TPSA) is 105 Å². The number of ether oxygens (including phenoxy) is 1. The Kier molecular flexibility index (Phi) is 3.85. The largest absolute Gasteiger partial charge is 0.494 e. The van der Waals surface area contributed by atoms with Gasteiger partial charge >= 0.3 is 0 Å². The van der Waals surface area contributed by atoms with Crippen LogP contribution in [-0.2, 0) is 0 Å². The van der Waals surface area contributed by atoms with Crippen LogP contribution < -0.4 is 10.5 Å². The van der Waals surface area contributed by atoms with Gasteiger partial charge in [-0.1, -0.05) is 46.8 Å². The number of benzene rings is 2. The van der Waals surface area contributed by atoms with Gasteiger partial charge < -0.3 is 15.0 Å². The molecule has 0 amide bonds. The molecule has 0 saturated heterocycles. The first-order valence-electron chi connectivity index (χ1n) is 7.93. The fraction of sp³-hybridized carbons (Fsp3) is 0.111. The number of nitrogens with two attached hydrogens (primary N) is 1. The zero-order valence-corrected chi connectivity index (χ0v) is 14.2. The standard InChI is InChI=1S/C18H16N6O2/c1-11-7-3-4-8-12(11)17-20-18(26-22-17)15-16(19)24(23-21-15)13-9-5-6-10-14(13)25-2/h3-10H,19H2,1-2H3. The summed E-state index contributed by atoms with van der Waals surface area (Å²) < 4.78 is 12.2. The molecule has 8 nitrogen and oxygen atoms in total. The molecule has 0 spiro atoms. The third-order valence-corrected chi connectivity index (χ3v) is 4.03. The van der Waals surface area contributed by atoms with Crippen LogP contribution >= 0.6 is 0 Å². The Labute approximate surface area is 149 Å². The lowest BCUT2D eigenvalue weighted by atomic mass is 10.1. The summed E-state index contributed by atoms with van der Waals surface area (Å²) in [6.45, 7) is 1.98. The average molecular weight is 348 g/mol. The number of para-hydroxylation sites is 2. The van der Waals surface area contributed by atoms with Crippen molar-refractivity contribution in [3.63, 3.8) is 0 Å². The fourth-order valence-electron chi connectivity index (χ4n) is 2.68. The van der Waals surface area contributed by atoms with E-state index in [9.17, 15) is 0 Å². The second kappa shape index (κ2) is 6.32. The Balaban J connectivity index is 1.75. The molecule has 4 aromatic rings. The minimum atomic E-state index is 0.210. The van der Waals surface area contributed by atoms with Gasteiger partial charge in [0.15, 0.2) is 11.5 Å². The van der Waals surface area contributed by atoms with Crippen LogP contribution in [-0.4, -0.2) is 32.2 Å². The van der Waals surface area contributed by atoms with Crippen LogP contribution in [0.2, 0.25) is 0 Å². The van der Waals surface area contributed by atoms with Crippen molar-refractivity contribution in [2.45, 2.75) is 6.92 Å². The molecule has 0 fully saturated rings. The van der Waals surface area contributed by atoms with Gasteiger partial charge in [-0.25, -0.2) is 0 Å². The number of methoxy groups -OCH3 is 1. The predicted molar refractivity (Wildman–Crippen MR) is 95.8 cm³/mol. The van der Waals surface area contributed by atoms with Crippen LogP contribution in [0, 0.1) is 6.92 Å².